The molecule has 3 rings (SSSR count). The van der Waals surface area contributed by atoms with Crippen LogP contribution in [0.4, 0.5) is 0 Å². The fourth-order valence-electron chi connectivity index (χ4n) is 3.91. The summed E-state index contributed by atoms with van der Waals surface area (Å²) in [5, 5.41) is 4.90. The van der Waals surface area contributed by atoms with Crippen molar-refractivity contribution in [2.24, 2.45) is 5.92 Å². The van der Waals surface area contributed by atoms with Gasteiger partial charge in [-0.2, -0.15) is 5.10 Å². The highest BCUT2D eigenvalue weighted by Crippen LogP contribution is 2.33. The van der Waals surface area contributed by atoms with Crippen molar-refractivity contribution in [3.63, 3.8) is 0 Å². The van der Waals surface area contributed by atoms with Gasteiger partial charge in [0.05, 0.1) is 24.3 Å². The Labute approximate surface area is 157 Å². The van der Waals surface area contributed by atoms with Crippen molar-refractivity contribution in [3.8, 4) is 5.82 Å². The monoisotopic (exact) mass is 356 g/mol. The molecular formula is C21H32N4O. The summed E-state index contributed by atoms with van der Waals surface area (Å²) in [5.41, 5.74) is 2.13. The van der Waals surface area contributed by atoms with Crippen molar-refractivity contribution in [2.75, 3.05) is 0 Å². The van der Waals surface area contributed by atoms with Crippen molar-refractivity contribution < 1.29 is 4.79 Å². The van der Waals surface area contributed by atoms with Gasteiger partial charge < -0.3 is 9.47 Å². The Morgan fingerprint density at radius 1 is 1.12 bits per heavy atom. The van der Waals surface area contributed by atoms with Crippen LogP contribution in [0.25, 0.3) is 5.82 Å². The molecule has 1 aliphatic heterocycles. The molecule has 3 heterocycles. The smallest absolute Gasteiger partial charge is 0.226 e. The van der Waals surface area contributed by atoms with Gasteiger partial charge in [-0.1, -0.05) is 26.7 Å². The van der Waals surface area contributed by atoms with Gasteiger partial charge >= 0.3 is 0 Å². The molecule has 0 saturated heterocycles. The standard InChI is InChI=1S/C21H32N4O/c1-6-10-16(11-7-2)20(26)24-14-17-18(15-24)22-25(21(3,4)5)19(17)23-12-8-9-13-23/h8-9,12-13,16H,6-7,10-11,14-15H2,1-5H3. The Bertz CT molecular complexity index is 746. The zero-order chi connectivity index (χ0) is 18.9. The molecule has 1 aliphatic rings. The minimum atomic E-state index is -0.105. The predicted octanol–water partition coefficient (Wildman–Crippen LogP) is 4.49. The number of amides is 1. The molecule has 2 aromatic heterocycles. The van der Waals surface area contributed by atoms with Crippen LogP contribution in [-0.4, -0.2) is 25.2 Å². The highest BCUT2D eigenvalue weighted by Gasteiger charge is 2.35. The summed E-state index contributed by atoms with van der Waals surface area (Å²) in [4.78, 5) is 15.1. The fourth-order valence-corrected chi connectivity index (χ4v) is 3.91. The van der Waals surface area contributed by atoms with Crippen LogP contribution in [0.15, 0.2) is 24.5 Å². The van der Waals surface area contributed by atoms with Crippen molar-refractivity contribution >= 4 is 5.91 Å². The molecule has 5 nitrogen and oxygen atoms in total. The van der Waals surface area contributed by atoms with Crippen LogP contribution in [0, 0.1) is 5.92 Å². The van der Waals surface area contributed by atoms with E-state index in [0.29, 0.717) is 19.0 Å². The molecule has 142 valence electrons. The van der Waals surface area contributed by atoms with E-state index in [4.69, 9.17) is 5.10 Å². The second-order valence-corrected chi connectivity index (χ2v) is 8.39. The number of hydrogen-bond donors (Lipinski definition) is 0. The lowest BCUT2D eigenvalue weighted by molar-refractivity contribution is -0.136. The molecule has 0 atom stereocenters. The Balaban J connectivity index is 1.91. The first-order valence-electron chi connectivity index (χ1n) is 9.90. The first-order valence-corrected chi connectivity index (χ1v) is 9.90. The Morgan fingerprint density at radius 3 is 2.27 bits per heavy atom. The number of hydrogen-bond acceptors (Lipinski definition) is 2. The van der Waals surface area contributed by atoms with E-state index in [9.17, 15) is 4.79 Å². The molecule has 0 N–H and O–H groups in total. The second kappa shape index (κ2) is 7.29. The van der Waals surface area contributed by atoms with Gasteiger partial charge in [-0.05, 0) is 45.7 Å². The summed E-state index contributed by atoms with van der Waals surface area (Å²) < 4.78 is 4.23. The third-order valence-corrected chi connectivity index (χ3v) is 5.15. The molecule has 0 bridgehead atoms. The highest BCUT2D eigenvalue weighted by molar-refractivity contribution is 5.79. The molecule has 0 radical (unpaired) electrons. The molecule has 0 aliphatic carbocycles. The molecular weight excluding hydrogens is 324 g/mol. The quantitative estimate of drug-likeness (QED) is 0.765. The van der Waals surface area contributed by atoms with Crippen LogP contribution in [0.1, 0.15) is 71.6 Å². The second-order valence-electron chi connectivity index (χ2n) is 8.39. The fraction of sp³-hybridized carbons (Fsp3) is 0.619. The lowest BCUT2D eigenvalue weighted by Crippen LogP contribution is -2.33. The van der Waals surface area contributed by atoms with Crippen molar-refractivity contribution in [1.29, 1.82) is 0 Å². The maximum absolute atomic E-state index is 13.1. The first-order chi connectivity index (χ1) is 12.4. The van der Waals surface area contributed by atoms with Crippen LogP contribution in [0.3, 0.4) is 0 Å². The molecule has 26 heavy (non-hydrogen) atoms. The first kappa shape index (κ1) is 18.7. The van der Waals surface area contributed by atoms with Gasteiger partial charge in [0.2, 0.25) is 5.91 Å². The molecule has 1 amide bonds. The van der Waals surface area contributed by atoms with Gasteiger partial charge in [-0.15, -0.1) is 0 Å². The van der Waals surface area contributed by atoms with E-state index < -0.39 is 0 Å². The number of fused-ring (bicyclic) bond motifs is 1. The van der Waals surface area contributed by atoms with Gasteiger partial charge in [0.15, 0.2) is 0 Å². The molecule has 0 unspecified atom stereocenters. The van der Waals surface area contributed by atoms with Crippen LogP contribution in [0.2, 0.25) is 0 Å². The molecule has 0 saturated carbocycles. The Kier molecular flexibility index (Phi) is 5.26. The normalized spacial score (nSPS) is 14.3. The molecule has 2 aromatic rings. The third-order valence-electron chi connectivity index (χ3n) is 5.15. The summed E-state index contributed by atoms with van der Waals surface area (Å²) in [7, 11) is 0. The van der Waals surface area contributed by atoms with Gasteiger partial charge in [0.1, 0.15) is 5.82 Å². The minimum absolute atomic E-state index is 0.105. The number of carbonyl (C=O) groups excluding carboxylic acids is 1. The molecule has 5 heteroatoms. The maximum Gasteiger partial charge on any atom is 0.226 e. The Morgan fingerprint density at radius 2 is 1.73 bits per heavy atom. The number of aromatic nitrogens is 3. The van der Waals surface area contributed by atoms with E-state index >= 15 is 0 Å². The number of nitrogens with zero attached hydrogens (tertiary/aromatic N) is 4. The van der Waals surface area contributed by atoms with Gasteiger partial charge in [0, 0.05) is 23.9 Å². The van der Waals surface area contributed by atoms with E-state index in [0.717, 1.165) is 37.2 Å². The molecule has 0 spiro atoms. The van der Waals surface area contributed by atoms with E-state index in [1.54, 1.807) is 0 Å². The van der Waals surface area contributed by atoms with E-state index in [2.05, 4.69) is 56.3 Å². The lowest BCUT2D eigenvalue weighted by atomic mass is 9.97. The third kappa shape index (κ3) is 3.44. The largest absolute Gasteiger partial charge is 0.332 e. The number of carbonyl (C=O) groups is 1. The Hall–Kier alpha value is -2.04. The summed E-state index contributed by atoms with van der Waals surface area (Å²) in [6.45, 7) is 12.1. The van der Waals surface area contributed by atoms with E-state index in [1.165, 1.54) is 5.56 Å². The summed E-state index contributed by atoms with van der Waals surface area (Å²) in [6, 6.07) is 4.06. The molecule has 0 fully saturated rings. The summed E-state index contributed by atoms with van der Waals surface area (Å²) >= 11 is 0. The van der Waals surface area contributed by atoms with Crippen LogP contribution < -0.4 is 0 Å². The predicted molar refractivity (Wildman–Crippen MR) is 104 cm³/mol. The van der Waals surface area contributed by atoms with Crippen molar-refractivity contribution in [3.05, 3.63) is 35.8 Å². The van der Waals surface area contributed by atoms with Gasteiger partial charge in [-0.25, -0.2) is 4.68 Å². The number of rotatable bonds is 6. The maximum atomic E-state index is 13.1. The van der Waals surface area contributed by atoms with Crippen LogP contribution in [-0.2, 0) is 23.4 Å². The van der Waals surface area contributed by atoms with Crippen LogP contribution >= 0.6 is 0 Å². The van der Waals surface area contributed by atoms with E-state index in [-0.39, 0.29) is 11.5 Å². The van der Waals surface area contributed by atoms with Gasteiger partial charge in [0.25, 0.3) is 0 Å². The molecule has 0 aromatic carbocycles. The van der Waals surface area contributed by atoms with E-state index in [1.807, 2.05) is 17.0 Å². The average molecular weight is 357 g/mol. The van der Waals surface area contributed by atoms with Crippen molar-refractivity contribution in [2.45, 2.75) is 78.9 Å². The summed E-state index contributed by atoms with van der Waals surface area (Å²) in [5.74, 6) is 1.54. The SMILES string of the molecule is CCCC(CCC)C(=O)N1Cc2nn(C(C)(C)C)c(-n3cccc3)c2C1. The van der Waals surface area contributed by atoms with Crippen molar-refractivity contribution in [1.82, 2.24) is 19.2 Å². The van der Waals surface area contributed by atoms with Crippen LogP contribution in [0.5, 0.6) is 0 Å². The zero-order valence-corrected chi connectivity index (χ0v) is 16.8. The lowest BCUT2D eigenvalue weighted by Gasteiger charge is -2.26. The average Bonchev–Trinajstić information content (AvgIpc) is 3.27. The van der Waals surface area contributed by atoms with Gasteiger partial charge in [-0.3, -0.25) is 4.79 Å². The zero-order valence-electron chi connectivity index (χ0n) is 16.8. The topological polar surface area (TPSA) is 43.1 Å². The minimum Gasteiger partial charge on any atom is -0.332 e. The summed E-state index contributed by atoms with van der Waals surface area (Å²) in [6.07, 6.45) is 8.18. The highest BCUT2D eigenvalue weighted by atomic mass is 16.2.